The van der Waals surface area contributed by atoms with Gasteiger partial charge in [-0.15, -0.1) is 0 Å². The van der Waals surface area contributed by atoms with Crippen LogP contribution in [0.4, 0.5) is 0 Å². The van der Waals surface area contributed by atoms with Crippen LogP contribution in [0, 0.1) is 22.7 Å². The first kappa shape index (κ1) is 17.3. The van der Waals surface area contributed by atoms with Gasteiger partial charge in [0.2, 0.25) is 0 Å². The quantitative estimate of drug-likeness (QED) is 0.753. The highest BCUT2D eigenvalue weighted by Crippen LogP contribution is 2.55. The van der Waals surface area contributed by atoms with Gasteiger partial charge in [0.1, 0.15) is 0 Å². The molecule has 0 aliphatic heterocycles. The molecule has 0 aromatic heterocycles. The molecule has 0 saturated heterocycles. The van der Waals surface area contributed by atoms with Gasteiger partial charge in [-0.3, -0.25) is 0 Å². The molecule has 0 aromatic carbocycles. The highest BCUT2D eigenvalue weighted by atomic mass is 16.3. The molecule has 4 atom stereocenters. The van der Waals surface area contributed by atoms with E-state index in [0.717, 1.165) is 43.9 Å². The van der Waals surface area contributed by atoms with Crippen LogP contribution in [-0.2, 0) is 0 Å². The van der Waals surface area contributed by atoms with Crippen molar-refractivity contribution in [3.63, 3.8) is 0 Å². The van der Waals surface area contributed by atoms with E-state index in [2.05, 4.69) is 27.7 Å². The lowest BCUT2D eigenvalue weighted by Crippen LogP contribution is -2.51. The molecule has 2 saturated carbocycles. The zero-order chi connectivity index (χ0) is 15.7. The van der Waals surface area contributed by atoms with Crippen molar-refractivity contribution in [1.82, 2.24) is 0 Å². The Morgan fingerprint density at radius 3 is 2.33 bits per heavy atom. The highest BCUT2D eigenvalue weighted by molar-refractivity contribution is 5.05. The number of nitrogens with two attached hydrogens (primary N) is 1. The molecule has 0 bridgehead atoms. The van der Waals surface area contributed by atoms with Crippen molar-refractivity contribution in [2.24, 2.45) is 28.4 Å². The summed E-state index contributed by atoms with van der Waals surface area (Å²) in [6.45, 7) is 10.0. The Hall–Kier alpha value is -0.0800. The van der Waals surface area contributed by atoms with E-state index in [-0.39, 0.29) is 5.41 Å². The summed E-state index contributed by atoms with van der Waals surface area (Å²) >= 11 is 0. The molecule has 2 heteroatoms. The molecule has 2 aliphatic carbocycles. The van der Waals surface area contributed by atoms with Gasteiger partial charge in [-0.05, 0) is 62.2 Å². The lowest BCUT2D eigenvalue weighted by Gasteiger charge is -2.45. The molecule has 124 valence electrons. The molecule has 21 heavy (non-hydrogen) atoms. The molecule has 2 aliphatic rings. The van der Waals surface area contributed by atoms with Crippen LogP contribution in [0.25, 0.3) is 0 Å². The van der Waals surface area contributed by atoms with E-state index in [1.807, 2.05) is 0 Å². The summed E-state index contributed by atoms with van der Waals surface area (Å²) in [7, 11) is 0. The van der Waals surface area contributed by atoms with Crippen LogP contribution in [0.2, 0.25) is 0 Å². The van der Waals surface area contributed by atoms with Gasteiger partial charge in [-0.25, -0.2) is 0 Å². The molecule has 4 unspecified atom stereocenters. The minimum Gasteiger partial charge on any atom is -0.389 e. The van der Waals surface area contributed by atoms with E-state index in [1.165, 1.54) is 25.7 Å². The van der Waals surface area contributed by atoms with E-state index in [4.69, 9.17) is 5.73 Å². The number of rotatable bonds is 3. The van der Waals surface area contributed by atoms with Crippen molar-refractivity contribution in [1.29, 1.82) is 0 Å². The number of aliphatic hydroxyl groups is 1. The first-order valence-corrected chi connectivity index (χ1v) is 9.19. The fraction of sp³-hybridized carbons (Fsp3) is 1.00. The third-order valence-corrected chi connectivity index (χ3v) is 6.94. The molecule has 0 aromatic rings. The standard InChI is InChI=1S/C19H37NO/c1-5-15-8-11-18(13-15,14-20)19(21)10-6-7-16(9-12-19)17(2,3)4/h15-16,21H,5-14,20H2,1-4H3. The molecular formula is C19H37NO. The largest absolute Gasteiger partial charge is 0.389 e. The van der Waals surface area contributed by atoms with Crippen molar-refractivity contribution in [2.45, 2.75) is 91.1 Å². The average molecular weight is 296 g/mol. The zero-order valence-electron chi connectivity index (χ0n) is 14.8. The fourth-order valence-electron chi connectivity index (χ4n) is 5.10. The van der Waals surface area contributed by atoms with E-state index in [1.54, 1.807) is 0 Å². The van der Waals surface area contributed by atoms with Crippen LogP contribution >= 0.6 is 0 Å². The summed E-state index contributed by atoms with van der Waals surface area (Å²) in [4.78, 5) is 0. The predicted molar refractivity (Wildman–Crippen MR) is 90.1 cm³/mol. The van der Waals surface area contributed by atoms with Crippen molar-refractivity contribution in [2.75, 3.05) is 6.54 Å². The van der Waals surface area contributed by atoms with Gasteiger partial charge in [-0.2, -0.15) is 0 Å². The predicted octanol–water partition coefficient (Wildman–Crippen LogP) is 4.50. The van der Waals surface area contributed by atoms with Gasteiger partial charge in [-0.1, -0.05) is 40.5 Å². The minimum atomic E-state index is -0.508. The van der Waals surface area contributed by atoms with Gasteiger partial charge >= 0.3 is 0 Å². The topological polar surface area (TPSA) is 46.2 Å². The molecule has 2 rings (SSSR count). The molecule has 2 nitrogen and oxygen atoms in total. The van der Waals surface area contributed by atoms with Gasteiger partial charge in [0.05, 0.1) is 5.60 Å². The SMILES string of the molecule is CCC1CCC(CN)(C2(O)CCCC(C(C)(C)C)CC2)C1. The summed E-state index contributed by atoms with van der Waals surface area (Å²) < 4.78 is 0. The second kappa shape index (κ2) is 6.20. The second-order valence-electron chi connectivity index (χ2n) is 9.03. The third-order valence-electron chi connectivity index (χ3n) is 6.94. The molecular weight excluding hydrogens is 258 g/mol. The van der Waals surface area contributed by atoms with E-state index < -0.39 is 5.60 Å². The van der Waals surface area contributed by atoms with Gasteiger partial charge in [0.25, 0.3) is 0 Å². The van der Waals surface area contributed by atoms with E-state index in [0.29, 0.717) is 12.0 Å². The van der Waals surface area contributed by atoms with E-state index in [9.17, 15) is 5.11 Å². The fourth-order valence-corrected chi connectivity index (χ4v) is 5.10. The lowest BCUT2D eigenvalue weighted by atomic mass is 9.66. The first-order chi connectivity index (χ1) is 9.76. The molecule has 3 N–H and O–H groups in total. The normalized spacial score (nSPS) is 42.0. The second-order valence-corrected chi connectivity index (χ2v) is 9.03. The Bertz CT molecular complexity index is 348. The smallest absolute Gasteiger partial charge is 0.0716 e. The summed E-state index contributed by atoms with van der Waals surface area (Å²) in [6.07, 6.45) is 10.3. The van der Waals surface area contributed by atoms with Crippen LogP contribution in [0.15, 0.2) is 0 Å². The third kappa shape index (κ3) is 3.32. The summed E-state index contributed by atoms with van der Waals surface area (Å²) in [5.74, 6) is 1.52. The molecule has 0 spiro atoms. The maximum Gasteiger partial charge on any atom is 0.0716 e. The van der Waals surface area contributed by atoms with Gasteiger partial charge in [0, 0.05) is 12.0 Å². The summed E-state index contributed by atoms with van der Waals surface area (Å²) in [5, 5.41) is 11.5. The van der Waals surface area contributed by atoms with Gasteiger partial charge < -0.3 is 10.8 Å². The summed E-state index contributed by atoms with van der Waals surface area (Å²) in [6, 6.07) is 0. The first-order valence-electron chi connectivity index (χ1n) is 9.19. The minimum absolute atomic E-state index is 0.000447. The molecule has 2 fully saturated rings. The Morgan fingerprint density at radius 2 is 1.81 bits per heavy atom. The van der Waals surface area contributed by atoms with Crippen LogP contribution in [0.1, 0.15) is 85.5 Å². The molecule has 0 radical (unpaired) electrons. The zero-order valence-corrected chi connectivity index (χ0v) is 14.8. The van der Waals surface area contributed by atoms with Crippen molar-refractivity contribution in [3.8, 4) is 0 Å². The number of hydrogen-bond acceptors (Lipinski definition) is 2. The summed E-state index contributed by atoms with van der Waals surface area (Å²) in [5.41, 5.74) is 6.07. The van der Waals surface area contributed by atoms with Crippen molar-refractivity contribution >= 4 is 0 Å². The Balaban J connectivity index is 2.14. The van der Waals surface area contributed by atoms with Crippen LogP contribution in [0.5, 0.6) is 0 Å². The van der Waals surface area contributed by atoms with Gasteiger partial charge in [0.15, 0.2) is 0 Å². The van der Waals surface area contributed by atoms with Crippen LogP contribution < -0.4 is 5.73 Å². The monoisotopic (exact) mass is 295 g/mol. The average Bonchev–Trinajstić information content (AvgIpc) is 2.76. The highest BCUT2D eigenvalue weighted by Gasteiger charge is 2.53. The van der Waals surface area contributed by atoms with Crippen molar-refractivity contribution < 1.29 is 5.11 Å². The molecule has 0 amide bonds. The number of hydrogen-bond donors (Lipinski definition) is 2. The van der Waals surface area contributed by atoms with Crippen molar-refractivity contribution in [3.05, 3.63) is 0 Å². The Labute approximate surface area is 131 Å². The maximum atomic E-state index is 11.5. The maximum absolute atomic E-state index is 11.5. The Kier molecular flexibility index (Phi) is 5.10. The van der Waals surface area contributed by atoms with E-state index >= 15 is 0 Å². The lowest BCUT2D eigenvalue weighted by molar-refractivity contribution is -0.0923. The van der Waals surface area contributed by atoms with Crippen LogP contribution in [-0.4, -0.2) is 17.3 Å². The van der Waals surface area contributed by atoms with Crippen LogP contribution in [0.3, 0.4) is 0 Å². The molecule has 0 heterocycles. The Morgan fingerprint density at radius 1 is 1.10 bits per heavy atom.